The van der Waals surface area contributed by atoms with Gasteiger partial charge in [0.25, 0.3) is 0 Å². The normalized spacial score (nSPS) is 22.8. The smallest absolute Gasteiger partial charge is 0.244 e. The van der Waals surface area contributed by atoms with Crippen LogP contribution in [0.3, 0.4) is 0 Å². The molecule has 0 saturated carbocycles. The Kier molecular flexibility index (Phi) is 3.63. The number of allylic oxidation sites excluding steroid dienone is 1. The van der Waals surface area contributed by atoms with Crippen LogP contribution in [0.5, 0.6) is 0 Å². The molecule has 2 atom stereocenters. The van der Waals surface area contributed by atoms with Crippen molar-refractivity contribution in [3.05, 3.63) is 47.9 Å². The third-order valence-electron chi connectivity index (χ3n) is 3.08. The van der Waals surface area contributed by atoms with Gasteiger partial charge in [0.15, 0.2) is 5.88 Å². The highest BCUT2D eigenvalue weighted by molar-refractivity contribution is 5.84. The maximum atomic E-state index is 11.5. The largest absolute Gasteiger partial charge is 0.495 e. The van der Waals surface area contributed by atoms with Crippen LogP contribution in [0.25, 0.3) is 0 Å². The SMILES string of the molecule is N#CC1C(=O)NC(O)=CC1CCc1ccccc1. The predicted octanol–water partition coefficient (Wildman–Crippen LogP) is 1.90. The quantitative estimate of drug-likeness (QED) is 0.850. The maximum absolute atomic E-state index is 11.5. The number of nitrogens with one attached hydrogen (secondary N) is 1. The number of aliphatic hydroxyl groups excluding tert-OH is 1. The van der Waals surface area contributed by atoms with Gasteiger partial charge in [-0.3, -0.25) is 10.1 Å². The molecule has 1 aromatic carbocycles. The fourth-order valence-electron chi connectivity index (χ4n) is 2.12. The van der Waals surface area contributed by atoms with Gasteiger partial charge in [-0.15, -0.1) is 0 Å². The first-order valence-corrected chi connectivity index (χ1v) is 5.86. The minimum absolute atomic E-state index is 0.149. The van der Waals surface area contributed by atoms with Crippen LogP contribution < -0.4 is 5.32 Å². The van der Waals surface area contributed by atoms with Crippen molar-refractivity contribution in [1.82, 2.24) is 5.32 Å². The number of nitriles is 1. The topological polar surface area (TPSA) is 73.1 Å². The van der Waals surface area contributed by atoms with Crippen molar-refractivity contribution in [2.24, 2.45) is 11.8 Å². The van der Waals surface area contributed by atoms with Crippen LogP contribution in [0.2, 0.25) is 0 Å². The Hall–Kier alpha value is -2.28. The number of aryl methyl sites for hydroxylation is 1. The molecule has 2 N–H and O–H groups in total. The highest BCUT2D eigenvalue weighted by atomic mass is 16.3. The van der Waals surface area contributed by atoms with E-state index in [-0.39, 0.29) is 11.8 Å². The lowest BCUT2D eigenvalue weighted by Crippen LogP contribution is -2.38. The molecule has 0 saturated heterocycles. The van der Waals surface area contributed by atoms with Crippen LogP contribution in [0.4, 0.5) is 0 Å². The van der Waals surface area contributed by atoms with Crippen molar-refractivity contribution in [3.63, 3.8) is 0 Å². The van der Waals surface area contributed by atoms with Gasteiger partial charge >= 0.3 is 0 Å². The Balaban J connectivity index is 2.05. The van der Waals surface area contributed by atoms with Crippen LogP contribution in [0, 0.1) is 23.2 Å². The van der Waals surface area contributed by atoms with E-state index in [9.17, 15) is 9.90 Å². The van der Waals surface area contributed by atoms with E-state index in [2.05, 4.69) is 5.32 Å². The summed E-state index contributed by atoms with van der Waals surface area (Å²) in [4.78, 5) is 11.5. The molecule has 4 nitrogen and oxygen atoms in total. The first-order chi connectivity index (χ1) is 8.70. The van der Waals surface area contributed by atoms with E-state index in [1.807, 2.05) is 36.4 Å². The van der Waals surface area contributed by atoms with Gasteiger partial charge in [-0.25, -0.2) is 0 Å². The minimum Gasteiger partial charge on any atom is -0.495 e. The lowest BCUT2D eigenvalue weighted by molar-refractivity contribution is -0.125. The summed E-state index contributed by atoms with van der Waals surface area (Å²) in [5.41, 5.74) is 1.16. The van der Waals surface area contributed by atoms with Crippen LogP contribution in [-0.4, -0.2) is 11.0 Å². The van der Waals surface area contributed by atoms with E-state index in [4.69, 9.17) is 5.26 Å². The number of aliphatic hydroxyl groups is 1. The van der Waals surface area contributed by atoms with Gasteiger partial charge < -0.3 is 5.11 Å². The van der Waals surface area contributed by atoms with E-state index in [0.29, 0.717) is 6.42 Å². The Morgan fingerprint density at radius 2 is 2.06 bits per heavy atom. The number of nitrogens with zero attached hydrogens (tertiary/aromatic N) is 1. The summed E-state index contributed by atoms with van der Waals surface area (Å²) >= 11 is 0. The zero-order valence-electron chi connectivity index (χ0n) is 9.84. The van der Waals surface area contributed by atoms with Gasteiger partial charge in [-0.1, -0.05) is 30.3 Å². The maximum Gasteiger partial charge on any atom is 0.244 e. The van der Waals surface area contributed by atoms with Crippen molar-refractivity contribution in [1.29, 1.82) is 5.26 Å². The lowest BCUT2D eigenvalue weighted by atomic mass is 9.85. The molecule has 0 radical (unpaired) electrons. The second-order valence-electron chi connectivity index (χ2n) is 4.34. The number of carbonyl (C=O) groups excluding carboxylic acids is 1. The van der Waals surface area contributed by atoms with E-state index < -0.39 is 11.8 Å². The monoisotopic (exact) mass is 242 g/mol. The molecule has 2 unspecified atom stereocenters. The summed E-state index contributed by atoms with van der Waals surface area (Å²) < 4.78 is 0. The second kappa shape index (κ2) is 5.37. The van der Waals surface area contributed by atoms with Crippen molar-refractivity contribution >= 4 is 5.91 Å². The van der Waals surface area contributed by atoms with Gasteiger partial charge in [0.1, 0.15) is 5.92 Å². The molecule has 0 aromatic heterocycles. The zero-order valence-corrected chi connectivity index (χ0v) is 9.84. The van der Waals surface area contributed by atoms with Crippen LogP contribution >= 0.6 is 0 Å². The van der Waals surface area contributed by atoms with Crippen LogP contribution in [0.15, 0.2) is 42.3 Å². The summed E-state index contributed by atoms with van der Waals surface area (Å²) in [5.74, 6) is -1.52. The Morgan fingerprint density at radius 1 is 1.33 bits per heavy atom. The molecule has 1 amide bonds. The number of amides is 1. The summed E-state index contributed by atoms with van der Waals surface area (Å²) in [6.45, 7) is 0. The van der Waals surface area contributed by atoms with Gasteiger partial charge in [-0.2, -0.15) is 5.26 Å². The molecule has 1 aromatic rings. The molecule has 0 aliphatic carbocycles. The molecular formula is C14H14N2O2. The predicted molar refractivity (Wildman–Crippen MR) is 66.2 cm³/mol. The Bertz CT molecular complexity index is 502. The highest BCUT2D eigenvalue weighted by Crippen LogP contribution is 2.24. The Labute approximate surface area is 106 Å². The first kappa shape index (κ1) is 12.2. The van der Waals surface area contributed by atoms with E-state index >= 15 is 0 Å². The first-order valence-electron chi connectivity index (χ1n) is 5.86. The number of carbonyl (C=O) groups is 1. The standard InChI is InChI=1S/C14H14N2O2/c15-9-12-11(8-13(17)16-14(12)18)7-6-10-4-2-1-3-5-10/h1-5,8,11-12,17H,6-7H2,(H,16,18). The molecule has 2 rings (SSSR count). The summed E-state index contributed by atoms with van der Waals surface area (Å²) in [6.07, 6.45) is 3.00. The molecule has 0 bridgehead atoms. The number of rotatable bonds is 3. The molecule has 0 spiro atoms. The fraction of sp³-hybridized carbons (Fsp3) is 0.286. The second-order valence-corrected chi connectivity index (χ2v) is 4.34. The zero-order chi connectivity index (χ0) is 13.0. The number of hydrogen-bond acceptors (Lipinski definition) is 3. The highest BCUT2D eigenvalue weighted by Gasteiger charge is 2.31. The Morgan fingerprint density at radius 3 is 2.72 bits per heavy atom. The molecule has 92 valence electrons. The van der Waals surface area contributed by atoms with E-state index in [1.54, 1.807) is 6.08 Å². The van der Waals surface area contributed by atoms with Gasteiger partial charge in [-0.05, 0) is 24.5 Å². The van der Waals surface area contributed by atoms with Gasteiger partial charge in [0.05, 0.1) is 6.07 Å². The van der Waals surface area contributed by atoms with Crippen LogP contribution in [0.1, 0.15) is 12.0 Å². The summed E-state index contributed by atoms with van der Waals surface area (Å²) in [6, 6.07) is 11.9. The molecule has 1 heterocycles. The van der Waals surface area contributed by atoms with E-state index in [1.165, 1.54) is 0 Å². The third-order valence-corrected chi connectivity index (χ3v) is 3.08. The van der Waals surface area contributed by atoms with Crippen molar-refractivity contribution in [2.75, 3.05) is 0 Å². The van der Waals surface area contributed by atoms with Crippen molar-refractivity contribution < 1.29 is 9.90 Å². The molecule has 1 aliphatic rings. The number of benzene rings is 1. The average molecular weight is 242 g/mol. The number of hydrogen-bond donors (Lipinski definition) is 2. The molecule has 4 heteroatoms. The van der Waals surface area contributed by atoms with Crippen LogP contribution in [-0.2, 0) is 11.2 Å². The fourth-order valence-corrected chi connectivity index (χ4v) is 2.12. The summed E-state index contributed by atoms with van der Waals surface area (Å²) in [5, 5.41) is 20.6. The average Bonchev–Trinajstić information content (AvgIpc) is 2.37. The van der Waals surface area contributed by atoms with Gasteiger partial charge in [0.2, 0.25) is 5.91 Å². The van der Waals surface area contributed by atoms with Gasteiger partial charge in [0, 0.05) is 5.92 Å². The third kappa shape index (κ3) is 2.69. The lowest BCUT2D eigenvalue weighted by Gasteiger charge is -2.23. The van der Waals surface area contributed by atoms with Crippen molar-refractivity contribution in [3.8, 4) is 6.07 Å². The summed E-state index contributed by atoms with van der Waals surface area (Å²) in [7, 11) is 0. The van der Waals surface area contributed by atoms with Crippen molar-refractivity contribution in [2.45, 2.75) is 12.8 Å². The molecule has 0 fully saturated rings. The molecular weight excluding hydrogens is 228 g/mol. The molecule has 1 aliphatic heterocycles. The molecule has 18 heavy (non-hydrogen) atoms. The van der Waals surface area contributed by atoms with E-state index in [0.717, 1.165) is 12.0 Å². The minimum atomic E-state index is -0.718.